The van der Waals surface area contributed by atoms with Crippen LogP contribution in [0.1, 0.15) is 104 Å². The van der Waals surface area contributed by atoms with E-state index in [2.05, 4.69) is 6.92 Å². The number of nitrogens with two attached hydrogens (primary N) is 1. The van der Waals surface area contributed by atoms with Crippen LogP contribution in [-0.4, -0.2) is 75.0 Å². The van der Waals surface area contributed by atoms with E-state index in [-0.39, 0.29) is 6.42 Å². The molecule has 1 aliphatic heterocycles. The van der Waals surface area contributed by atoms with Gasteiger partial charge in [0.2, 0.25) is 5.60 Å². The molecule has 0 aliphatic carbocycles. The highest BCUT2D eigenvalue weighted by Gasteiger charge is 2.51. The zero-order valence-electron chi connectivity index (χ0n) is 21.0. The van der Waals surface area contributed by atoms with E-state index in [4.69, 9.17) is 15.2 Å². The molecule has 1 aliphatic rings. The second kappa shape index (κ2) is 16.5. The van der Waals surface area contributed by atoms with E-state index in [1.54, 1.807) is 0 Å². The van der Waals surface area contributed by atoms with Crippen LogP contribution in [0.5, 0.6) is 0 Å². The first kappa shape index (κ1) is 30.9. The fraction of sp³-hybridized carbons (Fsp3) is 0.920. The first-order chi connectivity index (χ1) is 16.2. The number of ketones is 1. The van der Waals surface area contributed by atoms with E-state index in [0.29, 0.717) is 6.42 Å². The van der Waals surface area contributed by atoms with Crippen LogP contribution in [-0.2, 0) is 19.1 Å². The Morgan fingerprint density at radius 3 is 1.82 bits per heavy atom. The first-order valence-electron chi connectivity index (χ1n) is 13.0. The number of ether oxygens (including phenoxy) is 2. The average molecular weight is 490 g/mol. The number of hydrogen-bond donors (Lipinski definition) is 5. The molecule has 0 bridgehead atoms. The van der Waals surface area contributed by atoms with Gasteiger partial charge in [-0.25, -0.2) is 4.79 Å². The molecule has 1 heterocycles. The second-order valence-corrected chi connectivity index (χ2v) is 9.65. The zero-order valence-corrected chi connectivity index (χ0v) is 21.0. The van der Waals surface area contributed by atoms with Crippen LogP contribution < -0.4 is 5.73 Å². The predicted octanol–water partition coefficient (Wildman–Crippen LogP) is 2.66. The Bertz CT molecular complexity index is 589. The van der Waals surface area contributed by atoms with Gasteiger partial charge >= 0.3 is 5.97 Å². The number of aliphatic carboxylic acids is 1. The Morgan fingerprint density at radius 2 is 1.38 bits per heavy atom. The zero-order chi connectivity index (χ0) is 25.6. The van der Waals surface area contributed by atoms with Gasteiger partial charge in [-0.15, -0.1) is 0 Å². The van der Waals surface area contributed by atoms with Gasteiger partial charge in [0.25, 0.3) is 0 Å². The fourth-order valence-corrected chi connectivity index (χ4v) is 4.30. The van der Waals surface area contributed by atoms with E-state index in [9.17, 15) is 30.0 Å². The summed E-state index contributed by atoms with van der Waals surface area (Å²) in [5.41, 5.74) is 3.59. The van der Waals surface area contributed by atoms with E-state index in [1.807, 2.05) is 0 Å². The van der Waals surface area contributed by atoms with Gasteiger partial charge in [-0.1, -0.05) is 84.0 Å². The normalized spacial score (nSPS) is 26.8. The summed E-state index contributed by atoms with van der Waals surface area (Å²) in [6.45, 7) is 2.74. The minimum Gasteiger partial charge on any atom is -0.479 e. The number of carboxylic acid groups (broad SMARTS) is 1. The number of hydrogen-bond acceptors (Lipinski definition) is 8. The third kappa shape index (κ3) is 9.87. The summed E-state index contributed by atoms with van der Waals surface area (Å²) in [6.07, 6.45) is 9.41. The van der Waals surface area contributed by atoms with Crippen molar-refractivity contribution in [3.63, 3.8) is 0 Å². The molecular weight excluding hydrogens is 442 g/mol. The number of rotatable bonds is 19. The van der Waals surface area contributed by atoms with Crippen molar-refractivity contribution in [2.45, 2.75) is 140 Å². The van der Waals surface area contributed by atoms with Crippen molar-refractivity contribution in [2.24, 2.45) is 5.73 Å². The summed E-state index contributed by atoms with van der Waals surface area (Å²) < 4.78 is 10.5. The maximum atomic E-state index is 12.8. The highest BCUT2D eigenvalue weighted by atomic mass is 16.6. The third-order valence-electron chi connectivity index (χ3n) is 6.74. The van der Waals surface area contributed by atoms with Crippen molar-refractivity contribution >= 4 is 11.8 Å². The number of carboxylic acids is 1. The van der Waals surface area contributed by atoms with Gasteiger partial charge in [0.05, 0.1) is 12.6 Å². The van der Waals surface area contributed by atoms with Gasteiger partial charge in [0, 0.05) is 6.42 Å². The predicted molar refractivity (Wildman–Crippen MR) is 128 cm³/mol. The topological polar surface area (TPSA) is 160 Å². The van der Waals surface area contributed by atoms with Gasteiger partial charge in [-0.2, -0.15) is 0 Å². The monoisotopic (exact) mass is 489 g/mol. The van der Waals surface area contributed by atoms with Gasteiger partial charge in [-0.3, -0.25) is 4.79 Å². The summed E-state index contributed by atoms with van der Waals surface area (Å²) in [7, 11) is 0. The molecule has 0 aromatic rings. The number of carbonyl (C=O) groups excluding carboxylic acids is 1. The average Bonchev–Trinajstić information content (AvgIpc) is 2.81. The number of unbranched alkanes of at least 4 members (excludes halogenated alkanes) is 12. The van der Waals surface area contributed by atoms with Crippen molar-refractivity contribution in [2.75, 3.05) is 6.61 Å². The molecule has 34 heavy (non-hydrogen) atoms. The Hall–Kier alpha value is -1.10. The van der Waals surface area contributed by atoms with E-state index in [0.717, 1.165) is 26.2 Å². The van der Waals surface area contributed by atoms with Crippen LogP contribution in [0, 0.1) is 0 Å². The lowest BCUT2D eigenvalue weighted by Crippen LogP contribution is -2.65. The van der Waals surface area contributed by atoms with Crippen molar-refractivity contribution < 1.29 is 39.5 Å². The molecule has 6 atom stereocenters. The molecule has 1 unspecified atom stereocenters. The summed E-state index contributed by atoms with van der Waals surface area (Å²) in [5, 5.41) is 39.2. The lowest BCUT2D eigenvalue weighted by atomic mass is 9.92. The van der Waals surface area contributed by atoms with Gasteiger partial charge in [0.15, 0.2) is 12.1 Å². The summed E-state index contributed by atoms with van der Waals surface area (Å²) >= 11 is 0. The van der Waals surface area contributed by atoms with Gasteiger partial charge < -0.3 is 35.6 Å². The molecule has 0 spiro atoms. The Kier molecular flexibility index (Phi) is 15.1. The Labute approximate surface area is 204 Å². The SMILES string of the molecule is CCCCCCCCCCCCCCCC(=O)C(C)(O[C@@H]1[C@@H](N)[C@@H](O)O[C@H](CO)[C@H]1O)C(=O)O. The Balaban J connectivity index is 2.36. The highest BCUT2D eigenvalue weighted by Crippen LogP contribution is 2.27. The minimum atomic E-state index is -2.22. The molecule has 9 nitrogen and oxygen atoms in total. The summed E-state index contributed by atoms with van der Waals surface area (Å²) in [4.78, 5) is 24.7. The van der Waals surface area contributed by atoms with E-state index >= 15 is 0 Å². The molecule has 9 heteroatoms. The van der Waals surface area contributed by atoms with Crippen LogP contribution in [0.3, 0.4) is 0 Å². The van der Waals surface area contributed by atoms with Gasteiger partial charge in [0.1, 0.15) is 18.3 Å². The molecule has 6 N–H and O–H groups in total. The van der Waals surface area contributed by atoms with Crippen molar-refractivity contribution in [3.05, 3.63) is 0 Å². The van der Waals surface area contributed by atoms with E-state index < -0.39 is 54.6 Å². The quantitative estimate of drug-likeness (QED) is 0.136. The second-order valence-electron chi connectivity index (χ2n) is 9.65. The fourth-order valence-electron chi connectivity index (χ4n) is 4.30. The third-order valence-corrected chi connectivity index (χ3v) is 6.74. The molecule has 0 amide bonds. The molecular formula is C25H47NO8. The smallest absolute Gasteiger partial charge is 0.343 e. The first-order valence-corrected chi connectivity index (χ1v) is 13.0. The van der Waals surface area contributed by atoms with Gasteiger partial charge in [-0.05, 0) is 13.3 Å². The maximum absolute atomic E-state index is 12.8. The van der Waals surface area contributed by atoms with Crippen molar-refractivity contribution in [3.8, 4) is 0 Å². The molecule has 0 saturated carbocycles. The molecule has 0 radical (unpaired) electrons. The van der Waals surface area contributed by atoms with Crippen molar-refractivity contribution in [1.29, 1.82) is 0 Å². The summed E-state index contributed by atoms with van der Waals surface area (Å²) in [6, 6.07) is -1.28. The van der Waals surface area contributed by atoms with Crippen LogP contribution >= 0.6 is 0 Å². The van der Waals surface area contributed by atoms with Crippen LogP contribution in [0.4, 0.5) is 0 Å². The molecule has 1 saturated heterocycles. The number of aliphatic hydroxyl groups excluding tert-OH is 3. The number of carbonyl (C=O) groups is 2. The molecule has 1 fully saturated rings. The lowest BCUT2D eigenvalue weighted by molar-refractivity contribution is -0.270. The standard InChI is InChI=1S/C25H47NO8/c1-3-4-5-6-7-8-9-10-11-12-13-14-15-16-19(28)25(2,24(31)32)34-22-20(26)23(30)33-18(17-27)21(22)29/h18,20-23,27,29-30H,3-17,26H2,1-2H3,(H,31,32)/t18-,20-,21-,22-,23+,25?/m1/s1. The Morgan fingerprint density at radius 1 is 0.912 bits per heavy atom. The van der Waals surface area contributed by atoms with Crippen LogP contribution in [0.15, 0.2) is 0 Å². The van der Waals surface area contributed by atoms with Crippen LogP contribution in [0.2, 0.25) is 0 Å². The largest absolute Gasteiger partial charge is 0.479 e. The molecule has 1 rings (SSSR count). The molecule has 0 aromatic heterocycles. The van der Waals surface area contributed by atoms with Crippen LogP contribution in [0.25, 0.3) is 0 Å². The summed E-state index contributed by atoms with van der Waals surface area (Å²) in [5.74, 6) is -2.11. The molecule has 200 valence electrons. The number of aliphatic hydroxyl groups is 3. The molecule has 0 aromatic carbocycles. The highest BCUT2D eigenvalue weighted by molar-refractivity contribution is 6.06. The van der Waals surface area contributed by atoms with Crippen molar-refractivity contribution in [1.82, 2.24) is 0 Å². The van der Waals surface area contributed by atoms with E-state index in [1.165, 1.54) is 57.8 Å². The number of Topliss-reactive ketones (excluding diaryl/α,β-unsaturated/α-hetero) is 1. The maximum Gasteiger partial charge on any atom is 0.343 e. The minimum absolute atomic E-state index is 0.0289. The lowest BCUT2D eigenvalue weighted by Gasteiger charge is -2.43.